The SMILES string of the molecule is Cc1cc(C)c(NC(=O)CSc2nnc(CC(=O)Nc3cccc(C(F)(F)F)c3)n2C)c(C)c1. The van der Waals surface area contributed by atoms with Crippen molar-refractivity contribution in [2.24, 2.45) is 7.05 Å². The Bertz CT molecular complexity index is 1200. The lowest BCUT2D eigenvalue weighted by atomic mass is 10.1. The molecule has 180 valence electrons. The van der Waals surface area contributed by atoms with Crippen LogP contribution in [0.5, 0.6) is 0 Å². The van der Waals surface area contributed by atoms with Crippen molar-refractivity contribution in [1.82, 2.24) is 14.8 Å². The van der Waals surface area contributed by atoms with Crippen LogP contribution >= 0.6 is 11.8 Å². The number of aryl methyl sites for hydroxylation is 3. The van der Waals surface area contributed by atoms with Crippen molar-refractivity contribution in [3.63, 3.8) is 0 Å². The molecule has 0 aliphatic heterocycles. The highest BCUT2D eigenvalue weighted by Gasteiger charge is 2.30. The molecule has 2 N–H and O–H groups in total. The molecule has 3 rings (SSSR count). The zero-order valence-electron chi connectivity index (χ0n) is 19.1. The first-order valence-corrected chi connectivity index (χ1v) is 11.3. The average molecular weight is 492 g/mol. The number of carbonyl (C=O) groups is 2. The van der Waals surface area contributed by atoms with Crippen molar-refractivity contribution in [2.75, 3.05) is 16.4 Å². The Balaban J connectivity index is 1.58. The summed E-state index contributed by atoms with van der Waals surface area (Å²) in [6.45, 7) is 5.86. The van der Waals surface area contributed by atoms with E-state index in [1.54, 1.807) is 11.6 Å². The first-order valence-electron chi connectivity index (χ1n) is 10.3. The summed E-state index contributed by atoms with van der Waals surface area (Å²) in [5.41, 5.74) is 3.03. The second-order valence-corrected chi connectivity index (χ2v) is 8.81. The van der Waals surface area contributed by atoms with Crippen LogP contribution in [-0.4, -0.2) is 32.3 Å². The fourth-order valence-electron chi connectivity index (χ4n) is 3.43. The highest BCUT2D eigenvalue weighted by molar-refractivity contribution is 7.99. The monoisotopic (exact) mass is 491 g/mol. The summed E-state index contributed by atoms with van der Waals surface area (Å²) in [4.78, 5) is 24.8. The molecule has 0 fully saturated rings. The molecule has 2 amide bonds. The van der Waals surface area contributed by atoms with Crippen LogP contribution in [0.1, 0.15) is 28.1 Å². The van der Waals surface area contributed by atoms with Crippen LogP contribution in [-0.2, 0) is 29.2 Å². The number of benzene rings is 2. The Morgan fingerprint density at radius 1 is 1.00 bits per heavy atom. The Hall–Kier alpha value is -3.34. The minimum atomic E-state index is -4.50. The maximum Gasteiger partial charge on any atom is 0.416 e. The van der Waals surface area contributed by atoms with Gasteiger partial charge in [-0.05, 0) is 50.1 Å². The predicted octanol–water partition coefficient (Wildman–Crippen LogP) is 4.67. The van der Waals surface area contributed by atoms with Gasteiger partial charge in [0.05, 0.1) is 17.7 Å². The van der Waals surface area contributed by atoms with Gasteiger partial charge in [0.25, 0.3) is 0 Å². The van der Waals surface area contributed by atoms with E-state index in [0.29, 0.717) is 11.0 Å². The van der Waals surface area contributed by atoms with Gasteiger partial charge in [0.2, 0.25) is 11.8 Å². The molecule has 0 unspecified atom stereocenters. The van der Waals surface area contributed by atoms with Crippen LogP contribution in [0.4, 0.5) is 24.5 Å². The molecule has 3 aromatic rings. The molecular weight excluding hydrogens is 467 g/mol. The zero-order chi connectivity index (χ0) is 25.0. The number of amides is 2. The van der Waals surface area contributed by atoms with Crippen LogP contribution in [0.15, 0.2) is 41.6 Å². The third-order valence-corrected chi connectivity index (χ3v) is 6.01. The number of hydrogen-bond acceptors (Lipinski definition) is 5. The number of nitrogens with one attached hydrogen (secondary N) is 2. The molecule has 1 heterocycles. The van der Waals surface area contributed by atoms with Crippen molar-refractivity contribution >= 4 is 35.0 Å². The van der Waals surface area contributed by atoms with Crippen molar-refractivity contribution in [3.05, 3.63) is 64.5 Å². The van der Waals surface area contributed by atoms with Crippen molar-refractivity contribution in [2.45, 2.75) is 38.5 Å². The Kier molecular flexibility index (Phi) is 7.65. The van der Waals surface area contributed by atoms with Gasteiger partial charge in [-0.2, -0.15) is 13.2 Å². The smallest absolute Gasteiger partial charge is 0.326 e. The maximum atomic E-state index is 12.8. The number of halogens is 3. The molecule has 0 bridgehead atoms. The number of thioether (sulfide) groups is 1. The lowest BCUT2D eigenvalue weighted by Gasteiger charge is -2.12. The van der Waals surface area contributed by atoms with E-state index in [1.807, 2.05) is 32.9 Å². The summed E-state index contributed by atoms with van der Waals surface area (Å²) in [5.74, 6) is -0.325. The Morgan fingerprint density at radius 3 is 2.32 bits per heavy atom. The second kappa shape index (κ2) is 10.3. The van der Waals surface area contributed by atoms with Crippen molar-refractivity contribution in [1.29, 1.82) is 0 Å². The quantitative estimate of drug-likeness (QED) is 0.469. The van der Waals surface area contributed by atoms with Gasteiger partial charge < -0.3 is 15.2 Å². The normalized spacial score (nSPS) is 11.4. The first-order chi connectivity index (χ1) is 15.9. The van der Waals surface area contributed by atoms with E-state index in [9.17, 15) is 22.8 Å². The van der Waals surface area contributed by atoms with Gasteiger partial charge in [0.15, 0.2) is 5.16 Å². The molecule has 1 aromatic heterocycles. The summed E-state index contributed by atoms with van der Waals surface area (Å²) in [6.07, 6.45) is -4.69. The molecule has 0 aliphatic carbocycles. The van der Waals surface area contributed by atoms with Gasteiger partial charge in [-0.3, -0.25) is 9.59 Å². The topological polar surface area (TPSA) is 88.9 Å². The molecule has 7 nitrogen and oxygen atoms in total. The van der Waals surface area contributed by atoms with E-state index >= 15 is 0 Å². The predicted molar refractivity (Wildman–Crippen MR) is 125 cm³/mol. The number of anilines is 2. The number of rotatable bonds is 7. The molecule has 0 saturated heterocycles. The Morgan fingerprint density at radius 2 is 1.68 bits per heavy atom. The molecular formula is C23H24F3N5O2S. The third kappa shape index (κ3) is 6.37. The van der Waals surface area contributed by atoms with E-state index < -0.39 is 17.6 Å². The number of carbonyl (C=O) groups excluding carboxylic acids is 2. The lowest BCUT2D eigenvalue weighted by Crippen LogP contribution is -2.18. The highest BCUT2D eigenvalue weighted by Crippen LogP contribution is 2.30. The molecule has 0 atom stereocenters. The maximum absolute atomic E-state index is 12.8. The van der Waals surface area contributed by atoms with Crippen LogP contribution in [0.2, 0.25) is 0 Å². The van der Waals surface area contributed by atoms with Gasteiger partial charge in [0.1, 0.15) is 5.82 Å². The number of nitrogens with zero attached hydrogens (tertiary/aromatic N) is 3. The molecule has 0 aliphatic rings. The van der Waals surface area contributed by atoms with Crippen LogP contribution in [0, 0.1) is 20.8 Å². The van der Waals surface area contributed by atoms with Gasteiger partial charge >= 0.3 is 6.18 Å². The van der Waals surface area contributed by atoms with E-state index in [0.717, 1.165) is 34.5 Å². The number of aromatic nitrogens is 3. The first kappa shape index (κ1) is 25.3. The second-order valence-electron chi connectivity index (χ2n) is 7.87. The highest BCUT2D eigenvalue weighted by atomic mass is 32.2. The summed E-state index contributed by atoms with van der Waals surface area (Å²) >= 11 is 1.17. The average Bonchev–Trinajstić information content (AvgIpc) is 3.08. The molecule has 11 heteroatoms. The zero-order valence-corrected chi connectivity index (χ0v) is 19.9. The summed E-state index contributed by atoms with van der Waals surface area (Å²) < 4.78 is 40.1. The summed E-state index contributed by atoms with van der Waals surface area (Å²) in [5, 5.41) is 13.8. The number of hydrogen-bond donors (Lipinski definition) is 2. The van der Waals surface area contributed by atoms with E-state index in [-0.39, 0.29) is 23.8 Å². The van der Waals surface area contributed by atoms with Gasteiger partial charge in [-0.1, -0.05) is 35.5 Å². The van der Waals surface area contributed by atoms with Crippen LogP contribution < -0.4 is 10.6 Å². The van der Waals surface area contributed by atoms with Crippen LogP contribution in [0.25, 0.3) is 0 Å². The van der Waals surface area contributed by atoms with E-state index in [1.165, 1.54) is 23.9 Å². The van der Waals surface area contributed by atoms with Gasteiger partial charge in [0, 0.05) is 18.4 Å². The fraction of sp³-hybridized carbons (Fsp3) is 0.304. The molecule has 34 heavy (non-hydrogen) atoms. The fourth-order valence-corrected chi connectivity index (χ4v) is 4.16. The third-order valence-electron chi connectivity index (χ3n) is 4.99. The molecule has 2 aromatic carbocycles. The van der Waals surface area contributed by atoms with Gasteiger partial charge in [-0.25, -0.2) is 0 Å². The van der Waals surface area contributed by atoms with Crippen molar-refractivity contribution < 1.29 is 22.8 Å². The molecule has 0 saturated carbocycles. The largest absolute Gasteiger partial charge is 0.416 e. The molecule has 0 spiro atoms. The lowest BCUT2D eigenvalue weighted by molar-refractivity contribution is -0.137. The summed E-state index contributed by atoms with van der Waals surface area (Å²) in [7, 11) is 1.65. The van der Waals surface area contributed by atoms with E-state index in [4.69, 9.17) is 0 Å². The standard InChI is InChI=1S/C23H24F3N5O2S/c1-13-8-14(2)21(15(3)9-13)28-20(33)12-34-22-30-29-18(31(22)4)11-19(32)27-17-7-5-6-16(10-17)23(24,25)26/h5-10H,11-12H2,1-4H3,(H,27,32)(H,28,33). The Labute approximate surface area is 199 Å². The van der Waals surface area contributed by atoms with Gasteiger partial charge in [-0.15, -0.1) is 10.2 Å². The minimum absolute atomic E-state index is 0.0370. The number of alkyl halides is 3. The van der Waals surface area contributed by atoms with Crippen LogP contribution in [0.3, 0.4) is 0 Å². The van der Waals surface area contributed by atoms with E-state index in [2.05, 4.69) is 20.8 Å². The summed E-state index contributed by atoms with van der Waals surface area (Å²) in [6, 6.07) is 8.39. The molecule has 0 radical (unpaired) electrons. The minimum Gasteiger partial charge on any atom is -0.326 e. The van der Waals surface area contributed by atoms with Crippen molar-refractivity contribution in [3.8, 4) is 0 Å².